The lowest BCUT2D eigenvalue weighted by atomic mass is 10.1. The van der Waals surface area contributed by atoms with E-state index in [9.17, 15) is 26.8 Å². The van der Waals surface area contributed by atoms with Gasteiger partial charge in [0.25, 0.3) is 0 Å². The van der Waals surface area contributed by atoms with Crippen LogP contribution in [-0.4, -0.2) is 73.6 Å². The van der Waals surface area contributed by atoms with Crippen molar-refractivity contribution in [2.24, 2.45) is 5.92 Å². The van der Waals surface area contributed by atoms with Crippen LogP contribution in [0.2, 0.25) is 0 Å². The summed E-state index contributed by atoms with van der Waals surface area (Å²) < 4.78 is 53.3. The van der Waals surface area contributed by atoms with Crippen LogP contribution in [0.25, 0.3) is 0 Å². The highest BCUT2D eigenvalue weighted by atomic mass is 32.2. The Morgan fingerprint density at radius 1 is 0.970 bits per heavy atom. The number of nitrogens with zero attached hydrogens (tertiary/aromatic N) is 3. The lowest BCUT2D eigenvalue weighted by Gasteiger charge is -2.35. The van der Waals surface area contributed by atoms with Crippen LogP contribution < -0.4 is 0 Å². The third kappa shape index (κ3) is 5.06. The van der Waals surface area contributed by atoms with E-state index in [2.05, 4.69) is 0 Å². The number of piperazine rings is 1. The van der Waals surface area contributed by atoms with Gasteiger partial charge in [0, 0.05) is 45.7 Å². The van der Waals surface area contributed by atoms with Gasteiger partial charge in [-0.05, 0) is 30.2 Å². The lowest BCUT2D eigenvalue weighted by molar-refractivity contribution is -0.137. The van der Waals surface area contributed by atoms with E-state index in [0.29, 0.717) is 25.6 Å². The van der Waals surface area contributed by atoms with E-state index < -0.39 is 27.6 Å². The molecule has 0 N–H and O–H groups in total. The molecule has 0 aromatic heterocycles. The topological polar surface area (TPSA) is 78.0 Å². The molecule has 0 radical (unpaired) electrons. The van der Waals surface area contributed by atoms with Crippen LogP contribution in [0.5, 0.6) is 0 Å². The molecule has 1 unspecified atom stereocenters. The van der Waals surface area contributed by atoms with Gasteiger partial charge in [-0.3, -0.25) is 9.59 Å². The molecule has 0 saturated carbocycles. The van der Waals surface area contributed by atoms with Crippen LogP contribution in [0.1, 0.15) is 12.0 Å². The van der Waals surface area contributed by atoms with Crippen molar-refractivity contribution in [1.82, 2.24) is 14.1 Å². The number of halogens is 2. The largest absolute Gasteiger partial charge is 0.342 e. The van der Waals surface area contributed by atoms with Gasteiger partial charge in [-0.15, -0.1) is 0 Å². The summed E-state index contributed by atoms with van der Waals surface area (Å²) in [6.45, 7) is 1.36. The minimum absolute atomic E-state index is 0.0471. The summed E-state index contributed by atoms with van der Waals surface area (Å²) in [5, 5.41) is 0. The van der Waals surface area contributed by atoms with Crippen LogP contribution in [0.3, 0.4) is 0 Å². The fourth-order valence-electron chi connectivity index (χ4n) is 4.26. The Labute approximate surface area is 191 Å². The molecule has 2 saturated heterocycles. The number of likely N-dealkylation sites (tertiary alicyclic amines) is 1. The molecule has 7 nitrogen and oxygen atoms in total. The fraction of sp³-hybridized carbons (Fsp3) is 0.391. The third-order valence-electron chi connectivity index (χ3n) is 6.16. The average molecular weight is 478 g/mol. The maximum Gasteiger partial charge on any atom is 0.243 e. The summed E-state index contributed by atoms with van der Waals surface area (Å²) in [5.74, 6) is -3.00. The van der Waals surface area contributed by atoms with Crippen molar-refractivity contribution in [3.05, 3.63) is 65.7 Å². The molecule has 2 aliphatic rings. The van der Waals surface area contributed by atoms with Gasteiger partial charge in [0.15, 0.2) is 11.6 Å². The first-order valence-corrected chi connectivity index (χ1v) is 12.3. The van der Waals surface area contributed by atoms with Crippen molar-refractivity contribution in [2.75, 3.05) is 39.3 Å². The Kier molecular flexibility index (Phi) is 6.76. The summed E-state index contributed by atoms with van der Waals surface area (Å²) in [6, 6.07) is 12.3. The zero-order valence-corrected chi connectivity index (χ0v) is 18.8. The van der Waals surface area contributed by atoms with Gasteiger partial charge in [0.1, 0.15) is 0 Å². The van der Waals surface area contributed by atoms with E-state index in [4.69, 9.17) is 0 Å². The van der Waals surface area contributed by atoms with Gasteiger partial charge in [-0.1, -0.05) is 30.3 Å². The fourth-order valence-corrected chi connectivity index (χ4v) is 5.69. The summed E-state index contributed by atoms with van der Waals surface area (Å²) in [4.78, 5) is 28.3. The first-order valence-electron chi connectivity index (χ1n) is 10.8. The molecule has 0 bridgehead atoms. The highest BCUT2D eigenvalue weighted by Crippen LogP contribution is 2.24. The predicted octanol–water partition coefficient (Wildman–Crippen LogP) is 1.89. The maximum atomic E-state index is 13.5. The van der Waals surface area contributed by atoms with Crippen molar-refractivity contribution in [3.63, 3.8) is 0 Å². The lowest BCUT2D eigenvalue weighted by Crippen LogP contribution is -2.52. The van der Waals surface area contributed by atoms with E-state index >= 15 is 0 Å². The Bertz CT molecular complexity index is 1140. The smallest absolute Gasteiger partial charge is 0.243 e. The molecule has 2 fully saturated rings. The first kappa shape index (κ1) is 23.3. The molecular formula is C23H25F2N3O4S. The summed E-state index contributed by atoms with van der Waals surface area (Å²) in [6.07, 6.45) is 0.870. The standard InChI is InChI=1S/C23H25F2N3O4S/c24-20-7-6-19(15-21(20)25)33(31,32)28-12-10-26(11-13-28)23(30)18-14-22(29)27(16-18)9-8-17-4-2-1-3-5-17/h1-7,15,18H,8-14,16H2. The second-order valence-corrected chi connectivity index (χ2v) is 10.2. The Hall–Kier alpha value is -2.85. The second-order valence-electron chi connectivity index (χ2n) is 8.28. The number of hydrogen-bond donors (Lipinski definition) is 0. The van der Waals surface area contributed by atoms with Gasteiger partial charge in [0.05, 0.1) is 10.8 Å². The van der Waals surface area contributed by atoms with Gasteiger partial charge in [-0.25, -0.2) is 17.2 Å². The number of carbonyl (C=O) groups excluding carboxylic acids is 2. The van der Waals surface area contributed by atoms with Gasteiger partial charge in [0.2, 0.25) is 21.8 Å². The van der Waals surface area contributed by atoms with Crippen molar-refractivity contribution in [3.8, 4) is 0 Å². The molecule has 10 heteroatoms. The molecule has 0 aliphatic carbocycles. The molecular weight excluding hydrogens is 452 g/mol. The van der Waals surface area contributed by atoms with Crippen LogP contribution in [-0.2, 0) is 26.0 Å². The van der Waals surface area contributed by atoms with Crippen molar-refractivity contribution in [2.45, 2.75) is 17.7 Å². The molecule has 176 valence electrons. The molecule has 1 atom stereocenters. The monoisotopic (exact) mass is 477 g/mol. The molecule has 4 rings (SSSR count). The van der Waals surface area contributed by atoms with Crippen LogP contribution in [0, 0.1) is 17.6 Å². The molecule has 2 aromatic carbocycles. The summed E-state index contributed by atoms with van der Waals surface area (Å²) in [5.41, 5.74) is 1.12. The first-order chi connectivity index (χ1) is 15.8. The minimum Gasteiger partial charge on any atom is -0.342 e. The molecule has 2 amide bonds. The van der Waals surface area contributed by atoms with E-state index in [-0.39, 0.29) is 49.3 Å². The number of amides is 2. The Morgan fingerprint density at radius 3 is 2.33 bits per heavy atom. The maximum absolute atomic E-state index is 13.5. The third-order valence-corrected chi connectivity index (χ3v) is 8.05. The Morgan fingerprint density at radius 2 is 1.67 bits per heavy atom. The number of benzene rings is 2. The van der Waals surface area contributed by atoms with Gasteiger partial charge >= 0.3 is 0 Å². The molecule has 2 aliphatic heterocycles. The highest BCUT2D eigenvalue weighted by molar-refractivity contribution is 7.89. The zero-order valence-electron chi connectivity index (χ0n) is 18.0. The SMILES string of the molecule is O=C1CC(C(=O)N2CCN(S(=O)(=O)c3ccc(F)c(F)c3)CC2)CN1CCc1ccccc1. The Balaban J connectivity index is 1.32. The average Bonchev–Trinajstić information content (AvgIpc) is 3.20. The number of hydrogen-bond acceptors (Lipinski definition) is 4. The molecule has 2 aromatic rings. The second kappa shape index (κ2) is 9.56. The summed E-state index contributed by atoms with van der Waals surface area (Å²) >= 11 is 0. The van der Waals surface area contributed by atoms with Crippen molar-refractivity contribution in [1.29, 1.82) is 0 Å². The van der Waals surface area contributed by atoms with E-state index in [1.54, 1.807) is 9.80 Å². The zero-order chi connectivity index (χ0) is 23.6. The predicted molar refractivity (Wildman–Crippen MR) is 117 cm³/mol. The number of rotatable bonds is 6. The van der Waals surface area contributed by atoms with E-state index in [1.165, 1.54) is 0 Å². The number of sulfonamides is 1. The quantitative estimate of drug-likeness (QED) is 0.637. The molecule has 33 heavy (non-hydrogen) atoms. The van der Waals surface area contributed by atoms with Crippen molar-refractivity contribution >= 4 is 21.8 Å². The van der Waals surface area contributed by atoms with Crippen molar-refractivity contribution < 1.29 is 26.8 Å². The van der Waals surface area contributed by atoms with Crippen LogP contribution >= 0.6 is 0 Å². The van der Waals surface area contributed by atoms with Gasteiger partial charge < -0.3 is 9.80 Å². The van der Waals surface area contributed by atoms with E-state index in [0.717, 1.165) is 22.0 Å². The van der Waals surface area contributed by atoms with Gasteiger partial charge in [-0.2, -0.15) is 4.31 Å². The normalized spacial score (nSPS) is 19.8. The van der Waals surface area contributed by atoms with E-state index in [1.807, 2.05) is 30.3 Å². The minimum atomic E-state index is -3.99. The van der Waals surface area contributed by atoms with Crippen LogP contribution in [0.4, 0.5) is 8.78 Å². The summed E-state index contributed by atoms with van der Waals surface area (Å²) in [7, 11) is -3.99. The van der Waals surface area contributed by atoms with Crippen LogP contribution in [0.15, 0.2) is 53.4 Å². The molecule has 0 spiro atoms. The molecule has 2 heterocycles. The highest BCUT2D eigenvalue weighted by Gasteiger charge is 2.38. The number of carbonyl (C=O) groups is 2.